The van der Waals surface area contributed by atoms with Gasteiger partial charge in [-0.15, -0.1) is 0 Å². The summed E-state index contributed by atoms with van der Waals surface area (Å²) >= 11 is 9.39. The molecule has 0 unspecified atom stereocenters. The van der Waals surface area contributed by atoms with E-state index in [0.717, 1.165) is 4.47 Å². The number of phenols is 1. The van der Waals surface area contributed by atoms with Gasteiger partial charge in [0, 0.05) is 28.4 Å². The van der Waals surface area contributed by atoms with E-state index in [1.165, 1.54) is 14.2 Å². The first kappa shape index (κ1) is 15.7. The Balaban J connectivity index is 2.42. The lowest BCUT2D eigenvalue weighted by Crippen LogP contribution is -1.89. The molecule has 1 N–H and O–H groups in total. The van der Waals surface area contributed by atoms with Gasteiger partial charge in [0.15, 0.2) is 0 Å². The monoisotopic (exact) mass is 369 g/mol. The third-order valence-corrected chi connectivity index (χ3v) is 3.57. The smallest absolute Gasteiger partial charge is 0.146 e. The molecule has 0 atom stereocenters. The van der Waals surface area contributed by atoms with Crippen molar-refractivity contribution in [3.8, 4) is 17.2 Å². The summed E-state index contributed by atoms with van der Waals surface area (Å²) in [6.07, 6.45) is 1.55. The number of phenolic OH excluding ortho intramolecular Hbond substituents is 1. The molecule has 0 spiro atoms. The first-order valence-corrected chi connectivity index (χ1v) is 7.16. The molecule has 2 aromatic rings. The molecule has 0 heterocycles. The molecule has 0 bridgehead atoms. The molecule has 0 radical (unpaired) electrons. The van der Waals surface area contributed by atoms with E-state index < -0.39 is 0 Å². The molecule has 0 saturated carbocycles. The molecular formula is C15H13BrClNO3. The van der Waals surface area contributed by atoms with Crippen LogP contribution in [-0.2, 0) is 0 Å². The van der Waals surface area contributed by atoms with Crippen LogP contribution in [0.4, 0.5) is 5.69 Å². The van der Waals surface area contributed by atoms with Gasteiger partial charge in [-0.05, 0) is 18.2 Å². The zero-order valence-electron chi connectivity index (χ0n) is 11.4. The van der Waals surface area contributed by atoms with E-state index in [2.05, 4.69) is 20.9 Å². The Morgan fingerprint density at radius 2 is 1.86 bits per heavy atom. The minimum absolute atomic E-state index is 0.141. The van der Waals surface area contributed by atoms with Crippen LogP contribution in [0.5, 0.6) is 17.2 Å². The van der Waals surface area contributed by atoms with Crippen LogP contribution in [-0.4, -0.2) is 25.5 Å². The summed E-state index contributed by atoms with van der Waals surface area (Å²) in [5.41, 5.74) is 1.14. The second-order valence-electron chi connectivity index (χ2n) is 4.12. The lowest BCUT2D eigenvalue weighted by molar-refractivity contribution is 0.404. The predicted octanol–water partition coefficient (Wildman–Crippen LogP) is 4.58. The maximum Gasteiger partial charge on any atom is 0.146 e. The average molecular weight is 371 g/mol. The van der Waals surface area contributed by atoms with Gasteiger partial charge in [0.1, 0.15) is 22.9 Å². The number of benzene rings is 2. The lowest BCUT2D eigenvalue weighted by atomic mass is 10.2. The molecule has 0 saturated heterocycles. The van der Waals surface area contributed by atoms with Crippen LogP contribution in [0.2, 0.25) is 5.02 Å². The van der Waals surface area contributed by atoms with Crippen LogP contribution in [0.25, 0.3) is 0 Å². The lowest BCUT2D eigenvalue weighted by Gasteiger charge is -2.09. The number of hydrogen-bond acceptors (Lipinski definition) is 4. The standard InChI is InChI=1S/C15H13BrClNO3/c1-20-14-7-12(15(21-2)6-11(14)17)18-8-9-5-10(16)3-4-13(9)19/h3-8,19H,1-2H3. The minimum Gasteiger partial charge on any atom is -0.507 e. The van der Waals surface area contributed by atoms with Crippen LogP contribution >= 0.6 is 27.5 Å². The largest absolute Gasteiger partial charge is 0.507 e. The van der Waals surface area contributed by atoms with Crippen LogP contribution < -0.4 is 9.47 Å². The number of aromatic hydroxyl groups is 1. The van der Waals surface area contributed by atoms with Crippen molar-refractivity contribution in [2.75, 3.05) is 14.2 Å². The number of ether oxygens (including phenoxy) is 2. The van der Waals surface area contributed by atoms with Crippen molar-refractivity contribution in [3.63, 3.8) is 0 Å². The molecule has 4 nitrogen and oxygen atoms in total. The summed E-state index contributed by atoms with van der Waals surface area (Å²) in [5, 5.41) is 10.2. The number of rotatable bonds is 4. The third kappa shape index (κ3) is 3.68. The molecule has 0 amide bonds. The highest BCUT2D eigenvalue weighted by Crippen LogP contribution is 2.37. The Morgan fingerprint density at radius 3 is 2.52 bits per heavy atom. The molecule has 0 aliphatic carbocycles. The van der Waals surface area contributed by atoms with Gasteiger partial charge < -0.3 is 14.6 Å². The average Bonchev–Trinajstić information content (AvgIpc) is 2.48. The Kier molecular flexibility index (Phi) is 5.09. The first-order chi connectivity index (χ1) is 10.0. The second kappa shape index (κ2) is 6.83. The summed E-state index contributed by atoms with van der Waals surface area (Å²) in [6, 6.07) is 8.41. The number of hydrogen-bond donors (Lipinski definition) is 1. The molecule has 0 aliphatic heterocycles. The first-order valence-electron chi connectivity index (χ1n) is 5.99. The van der Waals surface area contributed by atoms with E-state index in [-0.39, 0.29) is 5.75 Å². The van der Waals surface area contributed by atoms with E-state index in [4.69, 9.17) is 21.1 Å². The Labute approximate surface area is 136 Å². The molecular weight excluding hydrogens is 358 g/mol. The quantitative estimate of drug-likeness (QED) is 0.802. The maximum absolute atomic E-state index is 9.80. The van der Waals surface area contributed by atoms with Crippen LogP contribution in [0.15, 0.2) is 39.8 Å². The molecule has 2 aromatic carbocycles. The summed E-state index contributed by atoms with van der Waals surface area (Å²) in [4.78, 5) is 4.33. The molecule has 0 fully saturated rings. The van der Waals surface area contributed by atoms with Crippen molar-refractivity contribution in [2.45, 2.75) is 0 Å². The van der Waals surface area contributed by atoms with Crippen molar-refractivity contribution >= 4 is 39.4 Å². The van der Waals surface area contributed by atoms with Crippen molar-refractivity contribution in [1.82, 2.24) is 0 Å². The van der Waals surface area contributed by atoms with Gasteiger partial charge in [0.05, 0.1) is 19.2 Å². The fraction of sp³-hybridized carbons (Fsp3) is 0.133. The van der Waals surface area contributed by atoms with E-state index >= 15 is 0 Å². The Morgan fingerprint density at radius 1 is 1.14 bits per heavy atom. The minimum atomic E-state index is 0.141. The highest BCUT2D eigenvalue weighted by Gasteiger charge is 2.09. The van der Waals surface area contributed by atoms with Gasteiger partial charge in [0.2, 0.25) is 0 Å². The molecule has 0 aromatic heterocycles. The Bertz CT molecular complexity index is 689. The molecule has 2 rings (SSSR count). The number of halogens is 2. The zero-order chi connectivity index (χ0) is 15.4. The molecule has 110 valence electrons. The van der Waals surface area contributed by atoms with Crippen molar-refractivity contribution in [3.05, 3.63) is 45.4 Å². The van der Waals surface area contributed by atoms with E-state index in [0.29, 0.717) is 27.8 Å². The van der Waals surface area contributed by atoms with Gasteiger partial charge in [-0.2, -0.15) is 0 Å². The number of methoxy groups -OCH3 is 2. The van der Waals surface area contributed by atoms with Gasteiger partial charge in [-0.3, -0.25) is 4.99 Å². The zero-order valence-corrected chi connectivity index (χ0v) is 13.8. The van der Waals surface area contributed by atoms with E-state index in [1.807, 2.05) is 0 Å². The summed E-state index contributed by atoms with van der Waals surface area (Å²) in [6.45, 7) is 0. The highest BCUT2D eigenvalue weighted by molar-refractivity contribution is 9.10. The normalized spacial score (nSPS) is 10.9. The summed E-state index contributed by atoms with van der Waals surface area (Å²) in [5.74, 6) is 1.16. The second-order valence-corrected chi connectivity index (χ2v) is 5.44. The third-order valence-electron chi connectivity index (χ3n) is 2.79. The Hall–Kier alpha value is -1.72. The van der Waals surface area contributed by atoms with Crippen LogP contribution in [0.1, 0.15) is 5.56 Å². The number of nitrogens with zero attached hydrogens (tertiary/aromatic N) is 1. The maximum atomic E-state index is 9.80. The summed E-state index contributed by atoms with van der Waals surface area (Å²) in [7, 11) is 3.06. The van der Waals surface area contributed by atoms with E-state index in [9.17, 15) is 5.11 Å². The molecule has 0 aliphatic rings. The molecule has 6 heteroatoms. The van der Waals surface area contributed by atoms with Gasteiger partial charge in [0.25, 0.3) is 0 Å². The van der Waals surface area contributed by atoms with Crippen LogP contribution in [0.3, 0.4) is 0 Å². The van der Waals surface area contributed by atoms with Gasteiger partial charge >= 0.3 is 0 Å². The van der Waals surface area contributed by atoms with E-state index in [1.54, 1.807) is 36.5 Å². The topological polar surface area (TPSA) is 51.0 Å². The number of aliphatic imine (C=N–C) groups is 1. The fourth-order valence-electron chi connectivity index (χ4n) is 1.71. The highest BCUT2D eigenvalue weighted by atomic mass is 79.9. The predicted molar refractivity (Wildman–Crippen MR) is 87.6 cm³/mol. The van der Waals surface area contributed by atoms with Gasteiger partial charge in [-0.1, -0.05) is 27.5 Å². The fourth-order valence-corrected chi connectivity index (χ4v) is 2.32. The molecule has 21 heavy (non-hydrogen) atoms. The van der Waals surface area contributed by atoms with Crippen molar-refractivity contribution < 1.29 is 14.6 Å². The summed E-state index contributed by atoms with van der Waals surface area (Å²) < 4.78 is 11.3. The van der Waals surface area contributed by atoms with Crippen molar-refractivity contribution in [2.24, 2.45) is 4.99 Å². The van der Waals surface area contributed by atoms with Crippen molar-refractivity contribution in [1.29, 1.82) is 0 Å². The van der Waals surface area contributed by atoms with Crippen LogP contribution in [0, 0.1) is 0 Å². The van der Waals surface area contributed by atoms with Gasteiger partial charge in [-0.25, -0.2) is 0 Å². The SMILES string of the molecule is COc1cc(N=Cc2cc(Br)ccc2O)c(OC)cc1Cl.